The highest BCUT2D eigenvalue weighted by molar-refractivity contribution is 6.18. The van der Waals surface area contributed by atoms with Crippen LogP contribution in [0.25, 0.3) is 0 Å². The number of hydrogen-bond donors (Lipinski definition) is 1. The zero-order valence-corrected chi connectivity index (χ0v) is 11.0. The number of aryl methyl sites for hydroxylation is 1. The molecule has 102 valence electrons. The predicted molar refractivity (Wildman–Crippen MR) is 65.2 cm³/mol. The topological polar surface area (TPSA) is 102 Å². The molecule has 1 rings (SSSR count). The fraction of sp³-hybridized carbons (Fsp3) is 0.364. The van der Waals surface area contributed by atoms with E-state index in [1.807, 2.05) is 0 Å². The summed E-state index contributed by atoms with van der Waals surface area (Å²) in [5, 5.41) is 11.2. The van der Waals surface area contributed by atoms with Crippen LogP contribution in [0.15, 0.2) is 4.42 Å². The van der Waals surface area contributed by atoms with Gasteiger partial charge in [-0.15, -0.1) is 11.6 Å². The zero-order chi connectivity index (χ0) is 14.4. The quantitative estimate of drug-likeness (QED) is 0.671. The minimum atomic E-state index is -0.831. The Morgan fingerprint density at radius 1 is 1.53 bits per heavy atom. The molecule has 0 aromatic carbocycles. The maximum Gasteiger partial charge on any atom is 0.414 e. The van der Waals surface area contributed by atoms with Crippen molar-refractivity contribution in [2.45, 2.75) is 6.92 Å². The van der Waals surface area contributed by atoms with Crippen molar-refractivity contribution in [2.24, 2.45) is 0 Å². The maximum atomic E-state index is 11.5. The molecule has 0 atom stereocenters. The number of halogens is 1. The van der Waals surface area contributed by atoms with Gasteiger partial charge < -0.3 is 13.9 Å². The number of nitriles is 1. The lowest BCUT2D eigenvalue weighted by molar-refractivity contribution is 0.0598. The molecule has 7 nitrogen and oxygen atoms in total. The number of carbonyl (C=O) groups excluding carboxylic acids is 2. The summed E-state index contributed by atoms with van der Waals surface area (Å²) in [4.78, 5) is 22.8. The molecule has 0 unspecified atom stereocenters. The van der Waals surface area contributed by atoms with E-state index in [9.17, 15) is 9.59 Å². The molecule has 0 radical (unpaired) electrons. The largest absolute Gasteiger partial charge is 0.465 e. The van der Waals surface area contributed by atoms with E-state index in [0.717, 1.165) is 0 Å². The van der Waals surface area contributed by atoms with Gasteiger partial charge in [-0.25, -0.2) is 9.59 Å². The van der Waals surface area contributed by atoms with Gasteiger partial charge in [0, 0.05) is 0 Å². The van der Waals surface area contributed by atoms with E-state index in [1.165, 1.54) is 14.0 Å². The molecule has 1 aromatic rings. The van der Waals surface area contributed by atoms with Crippen molar-refractivity contribution in [1.29, 1.82) is 5.26 Å². The van der Waals surface area contributed by atoms with Crippen LogP contribution >= 0.6 is 11.6 Å². The molecule has 0 bridgehead atoms. The normalized spacial score (nSPS) is 9.58. The number of rotatable bonds is 4. The second-order valence-corrected chi connectivity index (χ2v) is 3.67. The van der Waals surface area contributed by atoms with E-state index >= 15 is 0 Å². The molecule has 0 saturated carbocycles. The van der Waals surface area contributed by atoms with Crippen LogP contribution in [0.4, 0.5) is 10.7 Å². The number of alkyl halides is 1. The number of ether oxygens (including phenoxy) is 2. The van der Waals surface area contributed by atoms with Crippen molar-refractivity contribution >= 4 is 29.5 Å². The maximum absolute atomic E-state index is 11.5. The first-order valence-corrected chi connectivity index (χ1v) is 5.70. The monoisotopic (exact) mass is 286 g/mol. The summed E-state index contributed by atoms with van der Waals surface area (Å²) < 4.78 is 14.3. The lowest BCUT2D eigenvalue weighted by Crippen LogP contribution is -2.15. The highest BCUT2D eigenvalue weighted by Gasteiger charge is 2.25. The van der Waals surface area contributed by atoms with E-state index in [2.05, 4.69) is 14.8 Å². The summed E-state index contributed by atoms with van der Waals surface area (Å²) in [6.07, 6.45) is -0.831. The Labute approximate surface area is 114 Å². The molecular weight excluding hydrogens is 276 g/mol. The summed E-state index contributed by atoms with van der Waals surface area (Å²) >= 11 is 5.35. The van der Waals surface area contributed by atoms with Crippen molar-refractivity contribution in [3.05, 3.63) is 16.9 Å². The lowest BCUT2D eigenvalue weighted by Gasteiger charge is -2.02. The molecular formula is C11H11ClN2O5. The van der Waals surface area contributed by atoms with E-state index in [0.29, 0.717) is 0 Å². The number of furan rings is 1. The highest BCUT2D eigenvalue weighted by atomic mass is 35.5. The fourth-order valence-corrected chi connectivity index (χ4v) is 1.42. The zero-order valence-electron chi connectivity index (χ0n) is 10.3. The fourth-order valence-electron chi connectivity index (χ4n) is 1.35. The van der Waals surface area contributed by atoms with Crippen LogP contribution in [0.3, 0.4) is 0 Å². The van der Waals surface area contributed by atoms with Crippen LogP contribution < -0.4 is 5.32 Å². The molecule has 19 heavy (non-hydrogen) atoms. The predicted octanol–water partition coefficient (Wildman–Crippen LogP) is 2.03. The number of anilines is 1. The van der Waals surface area contributed by atoms with Crippen molar-refractivity contribution in [3.8, 4) is 6.07 Å². The Morgan fingerprint density at radius 3 is 2.74 bits per heavy atom. The molecule has 8 heteroatoms. The van der Waals surface area contributed by atoms with Gasteiger partial charge in [-0.3, -0.25) is 5.32 Å². The molecule has 0 fully saturated rings. The molecule has 1 amide bonds. The molecule has 0 spiro atoms. The van der Waals surface area contributed by atoms with Gasteiger partial charge in [-0.1, -0.05) is 0 Å². The van der Waals surface area contributed by atoms with Gasteiger partial charge in [0.1, 0.15) is 29.6 Å². The highest BCUT2D eigenvalue weighted by Crippen LogP contribution is 2.27. The van der Waals surface area contributed by atoms with Gasteiger partial charge >= 0.3 is 12.1 Å². The summed E-state index contributed by atoms with van der Waals surface area (Å²) in [5.41, 5.74) is -0.148. The van der Waals surface area contributed by atoms with Crippen molar-refractivity contribution in [2.75, 3.05) is 24.9 Å². The van der Waals surface area contributed by atoms with E-state index in [1.54, 1.807) is 6.07 Å². The van der Waals surface area contributed by atoms with Gasteiger partial charge in [0.2, 0.25) is 5.88 Å². The molecule has 0 saturated heterocycles. The Morgan fingerprint density at radius 2 is 2.21 bits per heavy atom. The molecule has 1 aromatic heterocycles. The first-order chi connectivity index (χ1) is 9.04. The third-order valence-electron chi connectivity index (χ3n) is 2.11. The average molecular weight is 287 g/mol. The van der Waals surface area contributed by atoms with E-state index < -0.39 is 12.1 Å². The van der Waals surface area contributed by atoms with Crippen LogP contribution in [-0.4, -0.2) is 31.7 Å². The number of methoxy groups -OCH3 is 1. The third kappa shape index (κ3) is 3.39. The molecule has 0 aliphatic carbocycles. The van der Waals surface area contributed by atoms with Crippen LogP contribution in [-0.2, 0) is 9.47 Å². The summed E-state index contributed by atoms with van der Waals surface area (Å²) in [5.74, 6) is -0.584. The smallest absolute Gasteiger partial charge is 0.414 e. The van der Waals surface area contributed by atoms with E-state index in [4.69, 9.17) is 21.3 Å². The first kappa shape index (κ1) is 14.9. The standard InChI is InChI=1S/C11H11ClN2O5/c1-6-8(10(15)17-2)7(5-13)9(19-6)14-11(16)18-4-3-12/h3-4H2,1-2H3,(H,14,16). The number of nitrogens with one attached hydrogen (secondary N) is 1. The molecule has 1 N–H and O–H groups in total. The van der Waals surface area contributed by atoms with Gasteiger partial charge in [0.15, 0.2) is 0 Å². The SMILES string of the molecule is COC(=O)c1c(C)oc(NC(=O)OCCCl)c1C#N. The van der Waals surface area contributed by atoms with Crippen molar-refractivity contribution in [3.63, 3.8) is 0 Å². The second kappa shape index (κ2) is 6.66. The number of hydrogen-bond acceptors (Lipinski definition) is 6. The van der Waals surface area contributed by atoms with Gasteiger partial charge in [0.05, 0.1) is 13.0 Å². The second-order valence-electron chi connectivity index (χ2n) is 3.29. The van der Waals surface area contributed by atoms with Gasteiger partial charge in [-0.05, 0) is 6.92 Å². The Hall–Kier alpha value is -2.20. The van der Waals surface area contributed by atoms with Gasteiger partial charge in [0.25, 0.3) is 0 Å². The number of carbonyl (C=O) groups is 2. The van der Waals surface area contributed by atoms with Crippen LogP contribution in [0.1, 0.15) is 21.7 Å². The summed E-state index contributed by atoms with van der Waals surface area (Å²) in [7, 11) is 1.18. The minimum Gasteiger partial charge on any atom is -0.465 e. The Bertz CT molecular complexity index is 532. The number of esters is 1. The van der Waals surface area contributed by atoms with Gasteiger partial charge in [-0.2, -0.15) is 5.26 Å². The van der Waals surface area contributed by atoms with Crippen molar-refractivity contribution in [1.82, 2.24) is 0 Å². The Balaban J connectivity index is 3.00. The minimum absolute atomic E-state index is 0.0127. The van der Waals surface area contributed by atoms with Crippen LogP contribution in [0.5, 0.6) is 0 Å². The van der Waals surface area contributed by atoms with Crippen LogP contribution in [0.2, 0.25) is 0 Å². The summed E-state index contributed by atoms with van der Waals surface area (Å²) in [6, 6.07) is 1.77. The molecule has 0 aliphatic rings. The molecule has 1 heterocycles. The Kier molecular flexibility index (Phi) is 5.21. The molecule has 0 aliphatic heterocycles. The average Bonchev–Trinajstić information content (AvgIpc) is 2.71. The summed E-state index contributed by atoms with van der Waals surface area (Å²) in [6.45, 7) is 1.49. The number of nitrogens with zero attached hydrogens (tertiary/aromatic N) is 1. The number of amides is 1. The van der Waals surface area contributed by atoms with Crippen LogP contribution in [0, 0.1) is 18.3 Å². The van der Waals surface area contributed by atoms with Crippen molar-refractivity contribution < 1.29 is 23.5 Å². The third-order valence-corrected chi connectivity index (χ3v) is 2.27. The lowest BCUT2D eigenvalue weighted by atomic mass is 10.1. The van der Waals surface area contributed by atoms with E-state index in [-0.39, 0.29) is 35.3 Å². The first-order valence-electron chi connectivity index (χ1n) is 5.16.